The molecule has 0 radical (unpaired) electrons. The Labute approximate surface area is 142 Å². The molecule has 1 aromatic rings. The third-order valence-electron chi connectivity index (χ3n) is 3.36. The number of para-hydroxylation sites is 1. The minimum atomic E-state index is -0.424. The summed E-state index contributed by atoms with van der Waals surface area (Å²) in [5, 5.41) is 20.3. The molecule has 122 valence electrons. The summed E-state index contributed by atoms with van der Waals surface area (Å²) < 4.78 is 0. The molecule has 0 spiro atoms. The maximum absolute atomic E-state index is 12.0. The minimum Gasteiger partial charge on any atom is -0.325 e. The number of carbonyl (C=O) groups is 1. The molecule has 0 aliphatic carbocycles. The van der Waals surface area contributed by atoms with Gasteiger partial charge < -0.3 is 5.32 Å². The molecule has 0 aromatic heterocycles. The molecule has 0 saturated carbocycles. The van der Waals surface area contributed by atoms with Crippen LogP contribution in [0.5, 0.6) is 0 Å². The van der Waals surface area contributed by atoms with Crippen molar-refractivity contribution in [1.82, 2.24) is 0 Å². The third kappa shape index (κ3) is 7.72. The SMILES string of the molecule is CCCCCCCC(=O)Nc1ccccc1SC(C#N)CC#N. The molecule has 1 aromatic carbocycles. The molecule has 0 aliphatic heterocycles. The van der Waals surface area contributed by atoms with Crippen LogP contribution in [0.4, 0.5) is 5.69 Å². The largest absolute Gasteiger partial charge is 0.325 e. The molecule has 1 unspecified atom stereocenters. The first-order valence-corrected chi connectivity index (χ1v) is 8.91. The van der Waals surface area contributed by atoms with Crippen molar-refractivity contribution < 1.29 is 4.79 Å². The molecule has 4 nitrogen and oxygen atoms in total. The molecule has 0 heterocycles. The fourth-order valence-corrected chi connectivity index (χ4v) is 3.04. The van der Waals surface area contributed by atoms with Crippen molar-refractivity contribution >= 4 is 23.4 Å². The molecule has 23 heavy (non-hydrogen) atoms. The maximum Gasteiger partial charge on any atom is 0.224 e. The number of benzene rings is 1. The molecule has 1 atom stereocenters. The van der Waals surface area contributed by atoms with E-state index in [1.807, 2.05) is 30.3 Å². The first-order valence-electron chi connectivity index (χ1n) is 8.03. The lowest BCUT2D eigenvalue weighted by molar-refractivity contribution is -0.116. The molecular weight excluding hydrogens is 306 g/mol. The number of thioether (sulfide) groups is 1. The third-order valence-corrected chi connectivity index (χ3v) is 4.52. The van der Waals surface area contributed by atoms with E-state index < -0.39 is 5.25 Å². The first-order chi connectivity index (χ1) is 11.2. The van der Waals surface area contributed by atoms with Crippen molar-refractivity contribution in [2.75, 3.05) is 5.32 Å². The number of carbonyl (C=O) groups excluding carboxylic acids is 1. The summed E-state index contributed by atoms with van der Waals surface area (Å²) in [6.45, 7) is 2.17. The number of unbranched alkanes of at least 4 members (excludes halogenated alkanes) is 4. The van der Waals surface area contributed by atoms with Crippen LogP contribution in [-0.2, 0) is 4.79 Å². The highest BCUT2D eigenvalue weighted by atomic mass is 32.2. The average Bonchev–Trinajstić information content (AvgIpc) is 2.56. The predicted octanol–water partition coefficient (Wildman–Crippen LogP) is 4.88. The Morgan fingerprint density at radius 2 is 1.96 bits per heavy atom. The highest BCUT2D eigenvalue weighted by Gasteiger charge is 2.13. The molecule has 1 rings (SSSR count). The van der Waals surface area contributed by atoms with Crippen molar-refractivity contribution in [2.45, 2.75) is 62.0 Å². The van der Waals surface area contributed by atoms with E-state index in [-0.39, 0.29) is 12.3 Å². The normalized spacial score (nSPS) is 11.3. The highest BCUT2D eigenvalue weighted by molar-refractivity contribution is 8.00. The van der Waals surface area contributed by atoms with Crippen LogP contribution in [0.1, 0.15) is 51.9 Å². The topological polar surface area (TPSA) is 76.7 Å². The van der Waals surface area contributed by atoms with E-state index in [1.165, 1.54) is 31.0 Å². The van der Waals surface area contributed by atoms with E-state index >= 15 is 0 Å². The van der Waals surface area contributed by atoms with E-state index in [2.05, 4.69) is 18.3 Å². The Bertz CT molecular complexity index is 574. The van der Waals surface area contributed by atoms with E-state index in [9.17, 15) is 4.79 Å². The van der Waals surface area contributed by atoms with Crippen molar-refractivity contribution in [3.63, 3.8) is 0 Å². The fourth-order valence-electron chi connectivity index (χ4n) is 2.12. The maximum atomic E-state index is 12.0. The lowest BCUT2D eigenvalue weighted by Gasteiger charge is -2.12. The first kappa shape index (κ1) is 19.1. The number of nitrogens with zero attached hydrogens (tertiary/aromatic N) is 2. The zero-order valence-corrected chi connectivity index (χ0v) is 14.4. The molecule has 1 N–H and O–H groups in total. The predicted molar refractivity (Wildman–Crippen MR) is 93.9 cm³/mol. The lowest BCUT2D eigenvalue weighted by atomic mass is 10.1. The van der Waals surface area contributed by atoms with Crippen LogP contribution in [0.25, 0.3) is 0 Å². The summed E-state index contributed by atoms with van der Waals surface area (Å²) >= 11 is 1.32. The molecular formula is C18H23N3OS. The smallest absolute Gasteiger partial charge is 0.224 e. The van der Waals surface area contributed by atoms with Crippen LogP contribution in [-0.4, -0.2) is 11.2 Å². The Kier molecular flexibility index (Phi) is 9.59. The van der Waals surface area contributed by atoms with Gasteiger partial charge in [0.25, 0.3) is 0 Å². The standard InChI is InChI=1S/C18H23N3OS/c1-2-3-4-5-6-11-18(22)21-16-9-7-8-10-17(16)23-15(14-20)12-13-19/h7-10,15H,2-6,11-12H2,1H3,(H,21,22). The van der Waals surface area contributed by atoms with Crippen molar-refractivity contribution in [3.8, 4) is 12.1 Å². The van der Waals surface area contributed by atoms with E-state index in [0.717, 1.165) is 17.7 Å². The summed E-state index contributed by atoms with van der Waals surface area (Å²) in [7, 11) is 0. The van der Waals surface area contributed by atoms with Crippen LogP contribution >= 0.6 is 11.8 Å². The Morgan fingerprint density at radius 1 is 1.22 bits per heavy atom. The zero-order valence-electron chi connectivity index (χ0n) is 13.5. The summed E-state index contributed by atoms with van der Waals surface area (Å²) in [5.41, 5.74) is 0.717. The second-order valence-electron chi connectivity index (χ2n) is 5.31. The van der Waals surface area contributed by atoms with Gasteiger partial charge in [0.05, 0.1) is 24.2 Å². The molecule has 1 amide bonds. The van der Waals surface area contributed by atoms with Gasteiger partial charge in [-0.25, -0.2) is 0 Å². The summed E-state index contributed by atoms with van der Waals surface area (Å²) in [4.78, 5) is 12.9. The molecule has 0 bridgehead atoms. The number of amides is 1. The van der Waals surface area contributed by atoms with Gasteiger partial charge >= 0.3 is 0 Å². The van der Waals surface area contributed by atoms with Gasteiger partial charge in [0, 0.05) is 11.3 Å². The van der Waals surface area contributed by atoms with Gasteiger partial charge in [0.2, 0.25) is 5.91 Å². The van der Waals surface area contributed by atoms with Gasteiger partial charge in [-0.3, -0.25) is 4.79 Å². The van der Waals surface area contributed by atoms with Gasteiger partial charge in [-0.2, -0.15) is 10.5 Å². The Balaban J connectivity index is 2.55. The molecule has 0 saturated heterocycles. The van der Waals surface area contributed by atoms with Gasteiger partial charge in [-0.1, -0.05) is 44.7 Å². The van der Waals surface area contributed by atoms with Crippen LogP contribution in [0.15, 0.2) is 29.2 Å². The van der Waals surface area contributed by atoms with E-state index in [0.29, 0.717) is 12.1 Å². The number of nitrogens with one attached hydrogen (secondary N) is 1. The quantitative estimate of drug-likeness (QED) is 0.490. The van der Waals surface area contributed by atoms with Crippen LogP contribution < -0.4 is 5.32 Å². The summed E-state index contributed by atoms with van der Waals surface area (Å²) in [6.07, 6.45) is 6.25. The van der Waals surface area contributed by atoms with E-state index in [1.54, 1.807) is 0 Å². The summed E-state index contributed by atoms with van der Waals surface area (Å²) in [5.74, 6) is 0.00309. The van der Waals surface area contributed by atoms with Crippen molar-refractivity contribution in [1.29, 1.82) is 10.5 Å². The number of hydrogen-bond donors (Lipinski definition) is 1. The number of rotatable bonds is 10. The average molecular weight is 329 g/mol. The lowest BCUT2D eigenvalue weighted by Crippen LogP contribution is -2.12. The van der Waals surface area contributed by atoms with Gasteiger partial charge in [0.1, 0.15) is 5.25 Å². The Hall–Kier alpha value is -1.98. The molecule has 5 heteroatoms. The molecule has 0 fully saturated rings. The Morgan fingerprint density at radius 3 is 2.65 bits per heavy atom. The summed E-state index contributed by atoms with van der Waals surface area (Å²) in [6, 6.07) is 11.5. The number of hydrogen-bond acceptors (Lipinski definition) is 4. The monoisotopic (exact) mass is 329 g/mol. The van der Waals surface area contributed by atoms with Crippen molar-refractivity contribution in [2.24, 2.45) is 0 Å². The van der Waals surface area contributed by atoms with Gasteiger partial charge in [0.15, 0.2) is 0 Å². The number of nitriles is 2. The minimum absolute atomic E-state index is 0.00309. The van der Waals surface area contributed by atoms with Crippen LogP contribution in [0.2, 0.25) is 0 Å². The van der Waals surface area contributed by atoms with E-state index in [4.69, 9.17) is 10.5 Å². The van der Waals surface area contributed by atoms with Gasteiger partial charge in [-0.15, -0.1) is 11.8 Å². The number of anilines is 1. The van der Waals surface area contributed by atoms with Crippen molar-refractivity contribution in [3.05, 3.63) is 24.3 Å². The molecule has 0 aliphatic rings. The fraction of sp³-hybridized carbons (Fsp3) is 0.500. The van der Waals surface area contributed by atoms with Crippen LogP contribution in [0.3, 0.4) is 0 Å². The second-order valence-corrected chi connectivity index (χ2v) is 6.55. The highest BCUT2D eigenvalue weighted by Crippen LogP contribution is 2.31. The second kappa shape index (κ2) is 11.6. The van der Waals surface area contributed by atoms with Crippen LogP contribution in [0, 0.1) is 22.7 Å². The van der Waals surface area contributed by atoms with Gasteiger partial charge in [-0.05, 0) is 18.6 Å². The zero-order chi connectivity index (χ0) is 16.9.